The lowest BCUT2D eigenvalue weighted by Crippen LogP contribution is -1.93. The molecular formula is C25H17NO. The van der Waals surface area contributed by atoms with Crippen LogP contribution in [0, 0.1) is 0 Å². The van der Waals surface area contributed by atoms with Crippen LogP contribution in [-0.4, -0.2) is 10.8 Å². The lowest BCUT2D eigenvalue weighted by molar-refractivity contribution is 0.104. The van der Waals surface area contributed by atoms with Gasteiger partial charge >= 0.3 is 0 Å². The number of ketones is 1. The first kappa shape index (κ1) is 15.6. The van der Waals surface area contributed by atoms with E-state index in [0.717, 1.165) is 22.3 Å². The van der Waals surface area contributed by atoms with E-state index in [2.05, 4.69) is 53.5 Å². The van der Waals surface area contributed by atoms with Crippen molar-refractivity contribution >= 4 is 27.6 Å². The number of aromatic amines is 1. The molecule has 0 saturated heterocycles. The zero-order valence-electron chi connectivity index (χ0n) is 14.6. The minimum absolute atomic E-state index is 0.149. The zero-order chi connectivity index (χ0) is 18.2. The maximum Gasteiger partial charge on any atom is 0.194 e. The number of hydrogen-bond acceptors (Lipinski definition) is 1. The Balaban J connectivity index is 0.000000119. The Kier molecular flexibility index (Phi) is 3.61. The molecule has 1 aromatic heterocycles. The van der Waals surface area contributed by atoms with Crippen molar-refractivity contribution in [2.24, 2.45) is 0 Å². The molecule has 2 nitrogen and oxygen atoms in total. The van der Waals surface area contributed by atoms with Crippen molar-refractivity contribution in [2.45, 2.75) is 0 Å². The zero-order valence-corrected chi connectivity index (χ0v) is 14.6. The second-order valence-corrected chi connectivity index (χ2v) is 6.64. The van der Waals surface area contributed by atoms with Crippen LogP contribution in [0.15, 0.2) is 97.1 Å². The van der Waals surface area contributed by atoms with Crippen LogP contribution < -0.4 is 0 Å². The van der Waals surface area contributed by atoms with Crippen molar-refractivity contribution in [3.63, 3.8) is 0 Å². The third kappa shape index (κ3) is 2.54. The molecule has 0 unspecified atom stereocenters. The number of benzene rings is 4. The van der Waals surface area contributed by atoms with Crippen LogP contribution in [-0.2, 0) is 0 Å². The smallest absolute Gasteiger partial charge is 0.194 e. The average Bonchev–Trinajstić information content (AvgIpc) is 3.25. The van der Waals surface area contributed by atoms with E-state index in [1.54, 1.807) is 0 Å². The van der Waals surface area contributed by atoms with E-state index in [0.29, 0.717) is 0 Å². The fraction of sp³-hybridized carbons (Fsp3) is 0. The Morgan fingerprint density at radius 3 is 1.30 bits per heavy atom. The third-order valence-corrected chi connectivity index (χ3v) is 5.05. The molecule has 0 radical (unpaired) electrons. The summed E-state index contributed by atoms with van der Waals surface area (Å²) in [7, 11) is 0. The van der Waals surface area contributed by atoms with E-state index >= 15 is 0 Å². The third-order valence-electron chi connectivity index (χ3n) is 5.05. The number of carbonyl (C=O) groups is 1. The minimum atomic E-state index is 0.149. The Hall–Kier alpha value is -3.65. The van der Waals surface area contributed by atoms with Gasteiger partial charge in [0.25, 0.3) is 0 Å². The van der Waals surface area contributed by atoms with E-state index in [9.17, 15) is 4.79 Å². The summed E-state index contributed by atoms with van der Waals surface area (Å²) >= 11 is 0. The van der Waals surface area contributed by atoms with Gasteiger partial charge in [-0.3, -0.25) is 4.79 Å². The molecule has 4 aromatic carbocycles. The standard InChI is InChI=1S/C13H8O.C12H9N/c14-13-11-7-3-1-5-9(11)10-6-2-4-8-12(10)13;1-3-7-11-9(5-1)10-6-2-4-8-12(10)13-11/h1-8H;1-8,13H. The van der Waals surface area contributed by atoms with Gasteiger partial charge in [-0.15, -0.1) is 0 Å². The molecule has 1 aliphatic carbocycles. The largest absolute Gasteiger partial charge is 0.355 e. The first-order valence-electron chi connectivity index (χ1n) is 9.01. The lowest BCUT2D eigenvalue weighted by atomic mass is 10.1. The topological polar surface area (TPSA) is 32.9 Å². The SMILES string of the molecule is O=C1c2ccccc2-c2ccccc21.c1ccc2c(c1)[nH]c1ccccc12. The molecule has 0 fully saturated rings. The minimum Gasteiger partial charge on any atom is -0.355 e. The van der Waals surface area contributed by atoms with E-state index < -0.39 is 0 Å². The van der Waals surface area contributed by atoms with Crippen molar-refractivity contribution in [3.05, 3.63) is 108 Å². The average molecular weight is 347 g/mol. The summed E-state index contributed by atoms with van der Waals surface area (Å²) in [4.78, 5) is 15.3. The van der Waals surface area contributed by atoms with Crippen LogP contribution in [0.1, 0.15) is 15.9 Å². The van der Waals surface area contributed by atoms with E-state index in [1.165, 1.54) is 21.8 Å². The summed E-state index contributed by atoms with van der Waals surface area (Å²) in [6.07, 6.45) is 0. The molecule has 27 heavy (non-hydrogen) atoms. The first-order valence-corrected chi connectivity index (χ1v) is 9.01. The molecular weight excluding hydrogens is 330 g/mol. The number of fused-ring (bicyclic) bond motifs is 6. The molecule has 0 aliphatic heterocycles. The van der Waals surface area contributed by atoms with E-state index in [1.807, 2.05) is 48.5 Å². The molecule has 0 saturated carbocycles. The van der Waals surface area contributed by atoms with Gasteiger partial charge in [-0.2, -0.15) is 0 Å². The summed E-state index contributed by atoms with van der Waals surface area (Å²) in [5.41, 5.74) is 6.20. The molecule has 1 N–H and O–H groups in total. The molecule has 128 valence electrons. The quantitative estimate of drug-likeness (QED) is 0.348. The number of H-pyrrole nitrogens is 1. The van der Waals surface area contributed by atoms with Gasteiger partial charge in [0.05, 0.1) is 0 Å². The van der Waals surface area contributed by atoms with Gasteiger partial charge < -0.3 is 4.98 Å². The van der Waals surface area contributed by atoms with Crippen LogP contribution in [0.3, 0.4) is 0 Å². The number of hydrogen-bond donors (Lipinski definition) is 1. The van der Waals surface area contributed by atoms with E-state index in [4.69, 9.17) is 0 Å². The highest BCUT2D eigenvalue weighted by Gasteiger charge is 2.24. The maximum absolute atomic E-state index is 11.9. The number of para-hydroxylation sites is 2. The summed E-state index contributed by atoms with van der Waals surface area (Å²) in [6.45, 7) is 0. The number of rotatable bonds is 0. The van der Waals surface area contributed by atoms with Crippen LogP contribution in [0.2, 0.25) is 0 Å². The number of nitrogens with one attached hydrogen (secondary N) is 1. The van der Waals surface area contributed by atoms with Crippen LogP contribution in [0.4, 0.5) is 0 Å². The predicted molar refractivity (Wildman–Crippen MR) is 111 cm³/mol. The van der Waals surface area contributed by atoms with Crippen molar-refractivity contribution in [1.82, 2.24) is 4.98 Å². The lowest BCUT2D eigenvalue weighted by Gasteiger charge is -1.96. The molecule has 6 rings (SSSR count). The normalized spacial score (nSPS) is 11.8. The molecule has 5 aromatic rings. The van der Waals surface area contributed by atoms with Crippen molar-refractivity contribution in [1.29, 1.82) is 0 Å². The van der Waals surface area contributed by atoms with Gasteiger partial charge in [-0.25, -0.2) is 0 Å². The van der Waals surface area contributed by atoms with Gasteiger partial charge in [0.2, 0.25) is 0 Å². The van der Waals surface area contributed by atoms with Gasteiger partial charge in [-0.1, -0.05) is 84.9 Å². The highest BCUT2D eigenvalue weighted by Crippen LogP contribution is 2.35. The van der Waals surface area contributed by atoms with Crippen LogP contribution >= 0.6 is 0 Å². The Morgan fingerprint density at radius 2 is 0.815 bits per heavy atom. The van der Waals surface area contributed by atoms with Gasteiger partial charge in [0.15, 0.2) is 5.78 Å². The van der Waals surface area contributed by atoms with Gasteiger partial charge in [-0.05, 0) is 23.3 Å². The predicted octanol–water partition coefficient (Wildman–Crippen LogP) is 6.22. The van der Waals surface area contributed by atoms with Crippen LogP contribution in [0.25, 0.3) is 32.9 Å². The van der Waals surface area contributed by atoms with Crippen molar-refractivity contribution in [3.8, 4) is 11.1 Å². The fourth-order valence-electron chi connectivity index (χ4n) is 3.78. The second-order valence-electron chi connectivity index (χ2n) is 6.64. The molecule has 0 atom stereocenters. The summed E-state index contributed by atoms with van der Waals surface area (Å²) < 4.78 is 0. The second kappa shape index (κ2) is 6.26. The first-order chi connectivity index (χ1) is 13.3. The molecule has 0 bridgehead atoms. The van der Waals surface area contributed by atoms with Gasteiger partial charge in [0.1, 0.15) is 0 Å². The molecule has 2 heteroatoms. The molecule has 1 heterocycles. The Labute approximate surface area is 157 Å². The monoisotopic (exact) mass is 347 g/mol. The van der Waals surface area contributed by atoms with Crippen molar-refractivity contribution < 1.29 is 4.79 Å². The van der Waals surface area contributed by atoms with Crippen molar-refractivity contribution in [2.75, 3.05) is 0 Å². The Morgan fingerprint density at radius 1 is 0.444 bits per heavy atom. The fourth-order valence-corrected chi connectivity index (χ4v) is 3.78. The molecule has 1 aliphatic rings. The van der Waals surface area contributed by atoms with Crippen LogP contribution in [0.5, 0.6) is 0 Å². The summed E-state index contributed by atoms with van der Waals surface area (Å²) in [5, 5.41) is 2.61. The number of aromatic nitrogens is 1. The maximum atomic E-state index is 11.9. The summed E-state index contributed by atoms with van der Waals surface area (Å²) in [6, 6.07) is 32.3. The number of carbonyl (C=O) groups excluding carboxylic acids is 1. The summed E-state index contributed by atoms with van der Waals surface area (Å²) in [5.74, 6) is 0.149. The van der Waals surface area contributed by atoms with E-state index in [-0.39, 0.29) is 5.78 Å². The molecule has 0 amide bonds. The highest BCUT2D eigenvalue weighted by atomic mass is 16.1. The van der Waals surface area contributed by atoms with Gasteiger partial charge in [0, 0.05) is 32.9 Å². The Bertz CT molecular complexity index is 1200. The molecule has 0 spiro atoms. The highest BCUT2D eigenvalue weighted by molar-refractivity contribution is 6.21.